The van der Waals surface area contributed by atoms with Gasteiger partial charge in [-0.25, -0.2) is 4.98 Å². The zero-order valence-electron chi connectivity index (χ0n) is 16.6. The largest absolute Gasteiger partial charge is 0.292 e. The van der Waals surface area contributed by atoms with Crippen molar-refractivity contribution in [2.45, 2.75) is 6.54 Å². The first-order valence-corrected chi connectivity index (χ1v) is 10.7. The molecule has 5 aromatic rings. The van der Waals surface area contributed by atoms with Crippen molar-refractivity contribution in [3.63, 3.8) is 0 Å². The molecule has 4 nitrogen and oxygen atoms in total. The minimum absolute atomic E-state index is 0.0387. The highest BCUT2D eigenvalue weighted by Crippen LogP contribution is 2.30. The molecule has 0 fully saturated rings. The van der Waals surface area contributed by atoms with Crippen molar-refractivity contribution in [3.05, 3.63) is 113 Å². The molecule has 0 atom stereocenters. The number of aromatic nitrogens is 2. The Labute approximate surface area is 183 Å². The molecule has 0 amide bonds. The van der Waals surface area contributed by atoms with Crippen molar-refractivity contribution in [2.75, 3.05) is 0 Å². The van der Waals surface area contributed by atoms with Crippen molar-refractivity contribution in [1.82, 2.24) is 9.55 Å². The number of hydrogen-bond donors (Lipinski definition) is 0. The number of carbonyl (C=O) groups is 1. The summed E-state index contributed by atoms with van der Waals surface area (Å²) in [5, 5.41) is 0.540. The maximum Gasteiger partial charge on any atom is 0.262 e. The lowest BCUT2D eigenvalue weighted by atomic mass is 10.0. The molecule has 2 aromatic heterocycles. The molecular formula is C26H18N2O2S. The Kier molecular flexibility index (Phi) is 5.02. The van der Waals surface area contributed by atoms with Gasteiger partial charge >= 0.3 is 0 Å². The molecule has 31 heavy (non-hydrogen) atoms. The lowest BCUT2D eigenvalue weighted by Gasteiger charge is -2.06. The fraction of sp³-hybridized carbons (Fsp3) is 0.0385. The standard InChI is InChI=1S/C26H18N2O2S/c29-23(20-13-11-19(12-14-20)18-7-3-1-4-8-18)16-28-17-27-25-22(26(28)30)15-24(31-25)21-9-5-2-6-10-21/h1-15,17H,16H2. The lowest BCUT2D eigenvalue weighted by molar-refractivity contribution is 0.0970. The van der Waals surface area contributed by atoms with Crippen LogP contribution in [0.15, 0.2) is 102 Å². The predicted octanol–water partition coefficient (Wildman–Crippen LogP) is 5.67. The molecule has 0 saturated carbocycles. The third-order valence-corrected chi connectivity index (χ3v) is 6.30. The van der Waals surface area contributed by atoms with Gasteiger partial charge in [0.15, 0.2) is 5.78 Å². The highest BCUT2D eigenvalue weighted by molar-refractivity contribution is 7.21. The smallest absolute Gasteiger partial charge is 0.262 e. The van der Waals surface area contributed by atoms with Crippen LogP contribution in [-0.2, 0) is 6.54 Å². The van der Waals surface area contributed by atoms with Crippen LogP contribution in [0, 0.1) is 0 Å². The Morgan fingerprint density at radius 2 is 1.42 bits per heavy atom. The number of fused-ring (bicyclic) bond motifs is 1. The molecule has 0 radical (unpaired) electrons. The molecule has 0 bridgehead atoms. The monoisotopic (exact) mass is 422 g/mol. The molecule has 3 aromatic carbocycles. The molecule has 150 valence electrons. The van der Waals surface area contributed by atoms with Gasteiger partial charge in [-0.1, -0.05) is 84.9 Å². The molecule has 0 aliphatic heterocycles. The Hall–Kier alpha value is -3.83. The van der Waals surface area contributed by atoms with E-state index in [1.54, 1.807) is 12.1 Å². The van der Waals surface area contributed by atoms with Gasteiger partial charge in [-0.05, 0) is 22.8 Å². The van der Waals surface area contributed by atoms with Crippen LogP contribution in [0.1, 0.15) is 10.4 Å². The van der Waals surface area contributed by atoms with Crippen molar-refractivity contribution in [1.29, 1.82) is 0 Å². The van der Waals surface area contributed by atoms with E-state index in [-0.39, 0.29) is 17.9 Å². The summed E-state index contributed by atoms with van der Waals surface area (Å²) in [5.74, 6) is -0.124. The number of Topliss-reactive ketones (excluding diaryl/α,β-unsaturated/α-hetero) is 1. The third kappa shape index (κ3) is 3.83. The van der Waals surface area contributed by atoms with E-state index in [9.17, 15) is 9.59 Å². The second-order valence-corrected chi connectivity index (χ2v) is 8.27. The van der Waals surface area contributed by atoms with Crippen LogP contribution in [0.2, 0.25) is 0 Å². The van der Waals surface area contributed by atoms with E-state index in [1.165, 1.54) is 22.2 Å². The zero-order chi connectivity index (χ0) is 21.2. The van der Waals surface area contributed by atoms with Crippen LogP contribution in [0.3, 0.4) is 0 Å². The molecule has 2 heterocycles. The van der Waals surface area contributed by atoms with Gasteiger partial charge in [0, 0.05) is 10.4 Å². The number of carbonyl (C=O) groups excluding carboxylic acids is 1. The molecule has 0 spiro atoms. The maximum absolute atomic E-state index is 13.0. The Bertz CT molecular complexity index is 1420. The first-order chi connectivity index (χ1) is 15.2. The summed E-state index contributed by atoms with van der Waals surface area (Å²) in [6.07, 6.45) is 1.46. The molecule has 5 heteroatoms. The van der Waals surface area contributed by atoms with Crippen molar-refractivity contribution in [2.24, 2.45) is 0 Å². The minimum Gasteiger partial charge on any atom is -0.292 e. The third-order valence-electron chi connectivity index (χ3n) is 5.20. The van der Waals surface area contributed by atoms with E-state index < -0.39 is 0 Å². The first-order valence-electron chi connectivity index (χ1n) is 9.92. The Balaban J connectivity index is 1.40. The van der Waals surface area contributed by atoms with Crippen molar-refractivity contribution >= 4 is 27.3 Å². The van der Waals surface area contributed by atoms with Crippen molar-refractivity contribution in [3.8, 4) is 21.6 Å². The average Bonchev–Trinajstić information content (AvgIpc) is 3.27. The van der Waals surface area contributed by atoms with E-state index in [0.29, 0.717) is 15.8 Å². The number of hydrogen-bond acceptors (Lipinski definition) is 4. The van der Waals surface area contributed by atoms with Crippen molar-refractivity contribution < 1.29 is 4.79 Å². The van der Waals surface area contributed by atoms with Gasteiger partial charge < -0.3 is 0 Å². The van der Waals surface area contributed by atoms with Crippen LogP contribution in [0.5, 0.6) is 0 Å². The second-order valence-electron chi connectivity index (χ2n) is 7.24. The summed E-state index contributed by atoms with van der Waals surface area (Å²) in [5.41, 5.74) is 3.56. The van der Waals surface area contributed by atoms with E-state index in [2.05, 4.69) is 4.98 Å². The molecule has 0 aliphatic carbocycles. The van der Waals surface area contributed by atoms with E-state index in [4.69, 9.17) is 0 Å². The topological polar surface area (TPSA) is 52.0 Å². The van der Waals surface area contributed by atoms with Gasteiger partial charge in [-0.15, -0.1) is 11.3 Å². The summed E-state index contributed by atoms with van der Waals surface area (Å²) in [6, 6.07) is 29.2. The first kappa shape index (κ1) is 19.2. The number of rotatable bonds is 5. The fourth-order valence-electron chi connectivity index (χ4n) is 3.54. The number of thiophene rings is 1. The number of ketones is 1. The predicted molar refractivity (Wildman–Crippen MR) is 126 cm³/mol. The maximum atomic E-state index is 13.0. The molecular weight excluding hydrogens is 404 g/mol. The summed E-state index contributed by atoms with van der Waals surface area (Å²) >= 11 is 1.48. The fourth-order valence-corrected chi connectivity index (χ4v) is 4.54. The highest BCUT2D eigenvalue weighted by atomic mass is 32.1. The van der Waals surface area contributed by atoms with Gasteiger partial charge in [0.1, 0.15) is 4.83 Å². The Morgan fingerprint density at radius 3 is 2.10 bits per heavy atom. The average molecular weight is 423 g/mol. The van der Waals surface area contributed by atoms with Crippen LogP contribution < -0.4 is 5.56 Å². The number of benzene rings is 3. The quantitative estimate of drug-likeness (QED) is 0.343. The van der Waals surface area contributed by atoms with Gasteiger partial charge in [-0.3, -0.25) is 14.2 Å². The number of nitrogens with zero attached hydrogens (tertiary/aromatic N) is 2. The molecule has 0 saturated heterocycles. The summed E-state index contributed by atoms with van der Waals surface area (Å²) < 4.78 is 1.39. The lowest BCUT2D eigenvalue weighted by Crippen LogP contribution is -2.24. The van der Waals surface area contributed by atoms with E-state index in [0.717, 1.165) is 21.6 Å². The highest BCUT2D eigenvalue weighted by Gasteiger charge is 2.13. The van der Waals surface area contributed by atoms with Gasteiger partial charge in [-0.2, -0.15) is 0 Å². The zero-order valence-corrected chi connectivity index (χ0v) is 17.4. The summed E-state index contributed by atoms with van der Waals surface area (Å²) in [6.45, 7) is -0.0387. The van der Waals surface area contributed by atoms with Crippen LogP contribution in [0.4, 0.5) is 0 Å². The van der Waals surface area contributed by atoms with Gasteiger partial charge in [0.05, 0.1) is 18.3 Å². The summed E-state index contributed by atoms with van der Waals surface area (Å²) in [4.78, 5) is 31.8. The minimum atomic E-state index is -0.197. The molecule has 5 rings (SSSR count). The van der Waals surface area contributed by atoms with Crippen LogP contribution >= 0.6 is 11.3 Å². The molecule has 0 N–H and O–H groups in total. The van der Waals surface area contributed by atoms with E-state index >= 15 is 0 Å². The summed E-state index contributed by atoms with van der Waals surface area (Å²) in [7, 11) is 0. The molecule has 0 aliphatic rings. The van der Waals surface area contributed by atoms with Gasteiger partial charge in [0.2, 0.25) is 0 Å². The second kappa shape index (κ2) is 8.13. The van der Waals surface area contributed by atoms with Gasteiger partial charge in [0.25, 0.3) is 5.56 Å². The van der Waals surface area contributed by atoms with Crippen LogP contribution in [-0.4, -0.2) is 15.3 Å². The molecule has 0 unspecified atom stereocenters. The normalized spacial score (nSPS) is 11.0. The van der Waals surface area contributed by atoms with Crippen LogP contribution in [0.25, 0.3) is 31.8 Å². The SMILES string of the molecule is O=C(Cn1cnc2sc(-c3ccccc3)cc2c1=O)c1ccc(-c2ccccc2)cc1. The van der Waals surface area contributed by atoms with E-state index in [1.807, 2.05) is 78.9 Å². The Morgan fingerprint density at radius 1 is 0.806 bits per heavy atom.